The Balaban J connectivity index is 1.87. The number of nitriles is 1. The third-order valence-corrected chi connectivity index (χ3v) is 3.53. The van der Waals surface area contributed by atoms with Gasteiger partial charge in [0.15, 0.2) is 0 Å². The Morgan fingerprint density at radius 3 is 2.56 bits per heavy atom. The molecule has 2 rings (SSSR count). The van der Waals surface area contributed by atoms with Crippen molar-refractivity contribution in [1.29, 1.82) is 5.26 Å². The number of nitro benzene ring substituents is 1. The lowest BCUT2D eigenvalue weighted by atomic mass is 10.1. The Hall–Kier alpha value is -3.48. The Labute approximate surface area is 142 Å². The standard InChI is InChI=1S/C15H15N5O5/c16-5-1-6-17-15(23)18-7-2-8-19-13(21)11-4-3-10(20(24)25)9-12(11)14(19)22/h3-4,9H,1-2,6-8H2,(H2,17,18,23). The molecule has 1 aromatic carbocycles. The average Bonchev–Trinajstić information content (AvgIpc) is 2.83. The number of hydrogen-bond acceptors (Lipinski definition) is 6. The van der Waals surface area contributed by atoms with E-state index in [1.54, 1.807) is 0 Å². The number of rotatable bonds is 7. The Morgan fingerprint density at radius 2 is 1.88 bits per heavy atom. The van der Waals surface area contributed by atoms with Crippen LogP contribution in [0.1, 0.15) is 33.6 Å². The molecule has 1 heterocycles. The van der Waals surface area contributed by atoms with Gasteiger partial charge in [-0.15, -0.1) is 0 Å². The van der Waals surface area contributed by atoms with E-state index in [1.807, 2.05) is 6.07 Å². The second kappa shape index (κ2) is 7.87. The van der Waals surface area contributed by atoms with Crippen LogP contribution < -0.4 is 10.6 Å². The minimum absolute atomic E-state index is 0.0152. The largest absolute Gasteiger partial charge is 0.338 e. The molecule has 4 amide bonds. The summed E-state index contributed by atoms with van der Waals surface area (Å²) in [5.74, 6) is -1.09. The van der Waals surface area contributed by atoms with Crippen molar-refractivity contribution in [2.45, 2.75) is 12.8 Å². The lowest BCUT2D eigenvalue weighted by Gasteiger charge is -2.13. The molecule has 0 bridgehead atoms. The van der Waals surface area contributed by atoms with Crippen LogP contribution in [0.3, 0.4) is 0 Å². The normalized spacial score (nSPS) is 12.5. The van der Waals surface area contributed by atoms with Gasteiger partial charge >= 0.3 is 6.03 Å². The van der Waals surface area contributed by atoms with Gasteiger partial charge in [0.25, 0.3) is 17.5 Å². The van der Waals surface area contributed by atoms with Crippen molar-refractivity contribution < 1.29 is 19.3 Å². The van der Waals surface area contributed by atoms with Crippen molar-refractivity contribution >= 4 is 23.5 Å². The van der Waals surface area contributed by atoms with Crippen LogP contribution in [0.2, 0.25) is 0 Å². The van der Waals surface area contributed by atoms with E-state index in [9.17, 15) is 24.5 Å². The van der Waals surface area contributed by atoms with E-state index < -0.39 is 22.8 Å². The van der Waals surface area contributed by atoms with Gasteiger partial charge < -0.3 is 10.6 Å². The van der Waals surface area contributed by atoms with Gasteiger partial charge in [-0.1, -0.05) is 0 Å². The fourth-order valence-electron chi connectivity index (χ4n) is 2.33. The van der Waals surface area contributed by atoms with Crippen LogP contribution in [0.15, 0.2) is 18.2 Å². The maximum atomic E-state index is 12.2. The molecule has 1 aliphatic heterocycles. The summed E-state index contributed by atoms with van der Waals surface area (Å²) in [6.45, 7) is 0.546. The van der Waals surface area contributed by atoms with Crippen molar-refractivity contribution in [3.05, 3.63) is 39.4 Å². The van der Waals surface area contributed by atoms with E-state index in [4.69, 9.17) is 5.26 Å². The van der Waals surface area contributed by atoms with Crippen LogP contribution in [0, 0.1) is 21.4 Å². The fourth-order valence-corrected chi connectivity index (χ4v) is 2.33. The van der Waals surface area contributed by atoms with Gasteiger partial charge in [-0.2, -0.15) is 5.26 Å². The number of carbonyl (C=O) groups is 3. The molecule has 0 fully saturated rings. The Kier molecular flexibility index (Phi) is 5.62. The SMILES string of the molecule is N#CCCNC(=O)NCCCN1C(=O)c2ccc([N+](=O)[O-])cc2C1=O. The fraction of sp³-hybridized carbons (Fsp3) is 0.333. The summed E-state index contributed by atoms with van der Waals surface area (Å²) in [6.07, 6.45) is 0.536. The molecular formula is C15H15N5O5. The number of non-ortho nitro benzene ring substituents is 1. The highest BCUT2D eigenvalue weighted by Gasteiger charge is 2.36. The summed E-state index contributed by atoms with van der Waals surface area (Å²) in [5.41, 5.74) is -0.100. The number of carbonyl (C=O) groups excluding carboxylic acids is 3. The zero-order chi connectivity index (χ0) is 18.4. The van der Waals surface area contributed by atoms with Crippen molar-refractivity contribution in [3.8, 4) is 6.07 Å². The van der Waals surface area contributed by atoms with Gasteiger partial charge in [-0.25, -0.2) is 4.79 Å². The topological polar surface area (TPSA) is 145 Å². The number of imide groups is 1. The van der Waals surface area contributed by atoms with Gasteiger partial charge in [0.1, 0.15) is 0 Å². The van der Waals surface area contributed by atoms with Crippen molar-refractivity contribution in [1.82, 2.24) is 15.5 Å². The highest BCUT2D eigenvalue weighted by Crippen LogP contribution is 2.26. The van der Waals surface area contributed by atoms with Crippen LogP contribution in [0.4, 0.5) is 10.5 Å². The van der Waals surface area contributed by atoms with E-state index in [1.165, 1.54) is 12.1 Å². The number of benzene rings is 1. The van der Waals surface area contributed by atoms with E-state index in [0.29, 0.717) is 6.42 Å². The van der Waals surface area contributed by atoms with Gasteiger partial charge in [0.2, 0.25) is 0 Å². The monoisotopic (exact) mass is 345 g/mol. The number of amides is 4. The van der Waals surface area contributed by atoms with E-state index >= 15 is 0 Å². The molecule has 0 aliphatic carbocycles. The van der Waals surface area contributed by atoms with Gasteiger partial charge in [-0.05, 0) is 12.5 Å². The quantitative estimate of drug-likeness (QED) is 0.323. The molecule has 1 aliphatic rings. The second-order valence-corrected chi connectivity index (χ2v) is 5.19. The highest BCUT2D eigenvalue weighted by atomic mass is 16.6. The summed E-state index contributed by atoms with van der Waals surface area (Å²) in [7, 11) is 0. The van der Waals surface area contributed by atoms with Gasteiger partial charge in [0, 0.05) is 31.8 Å². The first-order valence-electron chi connectivity index (χ1n) is 7.49. The summed E-state index contributed by atoms with van der Waals surface area (Å²) in [5, 5.41) is 24.1. The van der Waals surface area contributed by atoms with E-state index in [2.05, 4.69) is 10.6 Å². The molecule has 0 aromatic heterocycles. The van der Waals surface area contributed by atoms with Crippen molar-refractivity contribution in [3.63, 3.8) is 0 Å². The molecule has 130 valence electrons. The van der Waals surface area contributed by atoms with Crippen LogP contribution in [-0.2, 0) is 0 Å². The van der Waals surface area contributed by atoms with Crippen LogP contribution in [0.5, 0.6) is 0 Å². The maximum Gasteiger partial charge on any atom is 0.314 e. The minimum Gasteiger partial charge on any atom is -0.338 e. The zero-order valence-electron chi connectivity index (χ0n) is 13.2. The molecule has 0 spiro atoms. The summed E-state index contributed by atoms with van der Waals surface area (Å²) in [6, 6.07) is 5.00. The highest BCUT2D eigenvalue weighted by molar-refractivity contribution is 6.21. The lowest BCUT2D eigenvalue weighted by molar-refractivity contribution is -0.384. The molecule has 0 saturated heterocycles. The maximum absolute atomic E-state index is 12.2. The van der Waals surface area contributed by atoms with Gasteiger partial charge in [0.05, 0.1) is 28.5 Å². The van der Waals surface area contributed by atoms with Crippen LogP contribution in [-0.4, -0.2) is 47.3 Å². The van der Waals surface area contributed by atoms with Crippen molar-refractivity contribution in [2.75, 3.05) is 19.6 Å². The molecule has 10 nitrogen and oxygen atoms in total. The summed E-state index contributed by atoms with van der Waals surface area (Å²) >= 11 is 0. The molecule has 2 N–H and O–H groups in total. The third kappa shape index (κ3) is 4.08. The third-order valence-electron chi connectivity index (χ3n) is 3.53. The minimum atomic E-state index is -0.629. The smallest absolute Gasteiger partial charge is 0.314 e. The molecule has 10 heteroatoms. The molecular weight excluding hydrogens is 330 g/mol. The zero-order valence-corrected chi connectivity index (χ0v) is 13.2. The predicted molar refractivity (Wildman–Crippen MR) is 84.7 cm³/mol. The molecule has 25 heavy (non-hydrogen) atoms. The Morgan fingerprint density at radius 1 is 1.20 bits per heavy atom. The predicted octanol–water partition coefficient (Wildman–Crippen LogP) is 0.794. The number of nitrogens with one attached hydrogen (secondary N) is 2. The first-order valence-corrected chi connectivity index (χ1v) is 7.49. The van der Waals surface area contributed by atoms with E-state index in [0.717, 1.165) is 11.0 Å². The summed E-state index contributed by atoms with van der Waals surface area (Å²) in [4.78, 5) is 47.0. The number of hydrogen-bond donors (Lipinski definition) is 2. The molecule has 0 radical (unpaired) electrons. The number of urea groups is 1. The van der Waals surface area contributed by atoms with Crippen molar-refractivity contribution in [2.24, 2.45) is 0 Å². The van der Waals surface area contributed by atoms with Crippen LogP contribution in [0.25, 0.3) is 0 Å². The molecule has 0 unspecified atom stereocenters. The molecule has 1 aromatic rings. The lowest BCUT2D eigenvalue weighted by Crippen LogP contribution is -2.38. The molecule has 0 atom stereocenters. The first-order chi connectivity index (χ1) is 12.0. The van der Waals surface area contributed by atoms with E-state index in [-0.39, 0.29) is 42.9 Å². The van der Waals surface area contributed by atoms with Crippen LogP contribution >= 0.6 is 0 Å². The number of nitro groups is 1. The average molecular weight is 345 g/mol. The number of nitrogens with zero attached hydrogens (tertiary/aromatic N) is 3. The van der Waals surface area contributed by atoms with Gasteiger partial charge in [-0.3, -0.25) is 24.6 Å². The Bertz CT molecular complexity index is 770. The number of fused-ring (bicyclic) bond motifs is 1. The summed E-state index contributed by atoms with van der Waals surface area (Å²) < 4.78 is 0. The molecule has 0 saturated carbocycles. The first kappa shape index (κ1) is 17.9. The second-order valence-electron chi connectivity index (χ2n) is 5.19.